The topological polar surface area (TPSA) is 72.3 Å². The molecule has 1 saturated carbocycles. The minimum Gasteiger partial charge on any atom is -0.481 e. The zero-order chi connectivity index (χ0) is 10.9. The fraction of sp³-hybridized carbons (Fsp3) is 0.500. The lowest BCUT2D eigenvalue weighted by molar-refractivity contribution is -0.147. The van der Waals surface area contributed by atoms with E-state index in [-0.39, 0.29) is 0 Å². The number of hydrogen-bond donors (Lipinski definition) is 1. The summed E-state index contributed by atoms with van der Waals surface area (Å²) in [5.41, 5.74) is -0.260. The highest BCUT2D eigenvalue weighted by Gasteiger charge is 2.47. The number of aromatic nitrogens is 2. The Labute approximate surface area is 87.1 Å². The molecule has 1 aliphatic carbocycles. The van der Waals surface area contributed by atoms with Crippen molar-refractivity contribution < 1.29 is 14.6 Å². The molecule has 1 aromatic heterocycles. The normalized spacial score (nSPS) is 17.9. The first-order valence-electron chi connectivity index (χ1n) is 4.79. The number of ether oxygens (including phenoxy) is 1. The van der Waals surface area contributed by atoms with Gasteiger partial charge in [0.25, 0.3) is 0 Å². The fourth-order valence-electron chi connectivity index (χ4n) is 1.82. The zero-order valence-electron chi connectivity index (χ0n) is 8.43. The standard InChI is InChI=1S/C10H12N2O3/c1-15-8-5-7(11-6-12-8)10(9(13)14)3-2-4-10/h5-6H,2-4H2,1H3,(H,13,14). The number of methoxy groups -OCH3 is 1. The smallest absolute Gasteiger partial charge is 0.315 e. The van der Waals surface area contributed by atoms with Crippen LogP contribution in [0.4, 0.5) is 0 Å². The van der Waals surface area contributed by atoms with Crippen molar-refractivity contribution >= 4 is 5.97 Å². The van der Waals surface area contributed by atoms with Gasteiger partial charge in [-0.2, -0.15) is 0 Å². The molecule has 80 valence electrons. The molecule has 1 aromatic rings. The molecule has 0 aromatic carbocycles. The van der Waals surface area contributed by atoms with Crippen LogP contribution in [0.3, 0.4) is 0 Å². The van der Waals surface area contributed by atoms with Gasteiger partial charge < -0.3 is 9.84 Å². The summed E-state index contributed by atoms with van der Waals surface area (Å²) in [7, 11) is 1.50. The first kappa shape index (κ1) is 9.89. The molecular weight excluding hydrogens is 196 g/mol. The highest BCUT2D eigenvalue weighted by atomic mass is 16.5. The van der Waals surface area contributed by atoms with Crippen LogP contribution < -0.4 is 4.74 Å². The third kappa shape index (κ3) is 1.44. The van der Waals surface area contributed by atoms with Crippen LogP contribution >= 0.6 is 0 Å². The van der Waals surface area contributed by atoms with Gasteiger partial charge in [0.15, 0.2) is 0 Å². The molecule has 5 nitrogen and oxygen atoms in total. The van der Waals surface area contributed by atoms with E-state index in [2.05, 4.69) is 9.97 Å². The van der Waals surface area contributed by atoms with Crippen molar-refractivity contribution in [2.45, 2.75) is 24.7 Å². The van der Waals surface area contributed by atoms with Crippen LogP contribution in [0.1, 0.15) is 25.0 Å². The Morgan fingerprint density at radius 1 is 1.53 bits per heavy atom. The first-order valence-corrected chi connectivity index (χ1v) is 4.79. The molecule has 0 aliphatic heterocycles. The second-order valence-electron chi connectivity index (χ2n) is 3.69. The lowest BCUT2D eigenvalue weighted by Gasteiger charge is -2.36. The Bertz CT molecular complexity index is 388. The Morgan fingerprint density at radius 3 is 2.73 bits per heavy atom. The summed E-state index contributed by atoms with van der Waals surface area (Å²) < 4.78 is 4.95. The van der Waals surface area contributed by atoms with E-state index in [1.165, 1.54) is 13.4 Å². The lowest BCUT2D eigenvalue weighted by Crippen LogP contribution is -2.43. The van der Waals surface area contributed by atoms with Crippen LogP contribution in [-0.2, 0) is 10.2 Å². The summed E-state index contributed by atoms with van der Waals surface area (Å²) in [5, 5.41) is 9.20. The number of carboxylic acids is 1. The van der Waals surface area contributed by atoms with Crippen molar-refractivity contribution in [3.63, 3.8) is 0 Å². The lowest BCUT2D eigenvalue weighted by atomic mass is 9.66. The molecule has 0 bridgehead atoms. The molecule has 0 atom stereocenters. The van der Waals surface area contributed by atoms with Crippen molar-refractivity contribution in [3.05, 3.63) is 18.1 Å². The van der Waals surface area contributed by atoms with E-state index in [9.17, 15) is 9.90 Å². The van der Waals surface area contributed by atoms with Crippen molar-refractivity contribution in [3.8, 4) is 5.88 Å². The summed E-state index contributed by atoms with van der Waals surface area (Å²) in [4.78, 5) is 19.1. The van der Waals surface area contributed by atoms with Gasteiger partial charge in [-0.3, -0.25) is 4.79 Å². The summed E-state index contributed by atoms with van der Waals surface area (Å²) in [5.74, 6) is -0.401. The van der Waals surface area contributed by atoms with E-state index in [4.69, 9.17) is 4.74 Å². The molecule has 2 rings (SSSR count). The van der Waals surface area contributed by atoms with Gasteiger partial charge in [0.2, 0.25) is 5.88 Å². The van der Waals surface area contributed by atoms with E-state index < -0.39 is 11.4 Å². The molecule has 15 heavy (non-hydrogen) atoms. The third-order valence-electron chi connectivity index (χ3n) is 2.96. The van der Waals surface area contributed by atoms with Crippen molar-refractivity contribution in [1.29, 1.82) is 0 Å². The van der Waals surface area contributed by atoms with E-state index >= 15 is 0 Å². The number of carbonyl (C=O) groups is 1. The molecule has 0 unspecified atom stereocenters. The summed E-state index contributed by atoms with van der Waals surface area (Å²) in [6.07, 6.45) is 3.56. The highest BCUT2D eigenvalue weighted by Crippen LogP contribution is 2.43. The van der Waals surface area contributed by atoms with Gasteiger partial charge in [0, 0.05) is 6.07 Å². The third-order valence-corrected chi connectivity index (χ3v) is 2.96. The maximum atomic E-state index is 11.2. The minimum atomic E-state index is -0.811. The van der Waals surface area contributed by atoms with Crippen molar-refractivity contribution in [2.75, 3.05) is 7.11 Å². The van der Waals surface area contributed by atoms with Crippen LogP contribution in [0.25, 0.3) is 0 Å². The number of nitrogens with zero attached hydrogens (tertiary/aromatic N) is 2. The zero-order valence-corrected chi connectivity index (χ0v) is 8.43. The molecule has 5 heteroatoms. The highest BCUT2D eigenvalue weighted by molar-refractivity contribution is 5.81. The predicted molar refractivity (Wildman–Crippen MR) is 51.7 cm³/mol. The van der Waals surface area contributed by atoms with Gasteiger partial charge in [-0.1, -0.05) is 6.42 Å². The van der Waals surface area contributed by atoms with Gasteiger partial charge in [-0.05, 0) is 12.8 Å². The molecule has 1 aliphatic rings. The Morgan fingerprint density at radius 2 is 2.27 bits per heavy atom. The van der Waals surface area contributed by atoms with Crippen LogP contribution in [0.15, 0.2) is 12.4 Å². The van der Waals surface area contributed by atoms with Gasteiger partial charge in [-0.25, -0.2) is 9.97 Å². The van der Waals surface area contributed by atoms with Gasteiger partial charge in [0.1, 0.15) is 11.7 Å². The van der Waals surface area contributed by atoms with Crippen LogP contribution in [0.5, 0.6) is 5.88 Å². The van der Waals surface area contributed by atoms with Crippen LogP contribution in [-0.4, -0.2) is 28.2 Å². The number of aliphatic carboxylic acids is 1. The molecular formula is C10H12N2O3. The average Bonchev–Trinajstić information content (AvgIpc) is 2.16. The molecule has 1 N–H and O–H groups in total. The summed E-state index contributed by atoms with van der Waals surface area (Å²) in [6.45, 7) is 0. The van der Waals surface area contributed by atoms with Crippen molar-refractivity contribution in [1.82, 2.24) is 9.97 Å². The SMILES string of the molecule is COc1cc(C2(C(=O)O)CCC2)ncn1. The van der Waals surface area contributed by atoms with E-state index in [0.717, 1.165) is 6.42 Å². The molecule has 0 amide bonds. The maximum Gasteiger partial charge on any atom is 0.315 e. The summed E-state index contributed by atoms with van der Waals surface area (Å²) >= 11 is 0. The van der Waals surface area contributed by atoms with Gasteiger partial charge >= 0.3 is 5.97 Å². The second-order valence-corrected chi connectivity index (χ2v) is 3.69. The maximum absolute atomic E-state index is 11.2. The Kier molecular flexibility index (Phi) is 2.30. The van der Waals surface area contributed by atoms with E-state index in [1.54, 1.807) is 6.07 Å². The molecule has 1 fully saturated rings. The molecule has 0 spiro atoms. The van der Waals surface area contributed by atoms with Gasteiger partial charge in [-0.15, -0.1) is 0 Å². The number of carboxylic acid groups (broad SMARTS) is 1. The molecule has 0 radical (unpaired) electrons. The quantitative estimate of drug-likeness (QED) is 0.801. The summed E-state index contributed by atoms with van der Waals surface area (Å²) in [6, 6.07) is 1.60. The number of hydrogen-bond acceptors (Lipinski definition) is 4. The van der Waals surface area contributed by atoms with Gasteiger partial charge in [0.05, 0.1) is 12.8 Å². The molecule has 1 heterocycles. The van der Waals surface area contributed by atoms with Crippen LogP contribution in [0.2, 0.25) is 0 Å². The Hall–Kier alpha value is -1.65. The van der Waals surface area contributed by atoms with Crippen LogP contribution in [0, 0.1) is 0 Å². The monoisotopic (exact) mass is 208 g/mol. The van der Waals surface area contributed by atoms with Crippen molar-refractivity contribution in [2.24, 2.45) is 0 Å². The Balaban J connectivity index is 2.38. The minimum absolute atomic E-state index is 0.410. The number of rotatable bonds is 3. The fourth-order valence-corrected chi connectivity index (χ4v) is 1.82. The largest absolute Gasteiger partial charge is 0.481 e. The average molecular weight is 208 g/mol. The molecule has 0 saturated heterocycles. The van der Waals surface area contributed by atoms with E-state index in [0.29, 0.717) is 24.4 Å². The predicted octanol–water partition coefficient (Wildman–Crippen LogP) is 0.991. The van der Waals surface area contributed by atoms with E-state index in [1.807, 2.05) is 0 Å². The second kappa shape index (κ2) is 3.49. The first-order chi connectivity index (χ1) is 7.19.